The minimum absolute atomic E-state index is 0.0521. The summed E-state index contributed by atoms with van der Waals surface area (Å²) in [6, 6.07) is 22.5. The van der Waals surface area contributed by atoms with Gasteiger partial charge in [0.25, 0.3) is 0 Å². The Kier molecular flexibility index (Phi) is 5.14. The maximum atomic E-state index is 12.4. The van der Waals surface area contributed by atoms with Gasteiger partial charge in [-0.3, -0.25) is 0 Å². The Morgan fingerprint density at radius 3 is 2.21 bits per heavy atom. The van der Waals surface area contributed by atoms with Crippen molar-refractivity contribution in [3.05, 3.63) is 72.3 Å². The lowest BCUT2D eigenvalue weighted by Crippen LogP contribution is -2.10. The Hall–Kier alpha value is -2.36. The Labute approximate surface area is 178 Å². The second kappa shape index (κ2) is 7.47. The first-order valence-corrected chi connectivity index (χ1v) is 11.5. The van der Waals surface area contributed by atoms with E-state index in [0.29, 0.717) is 4.90 Å². The molecule has 29 heavy (non-hydrogen) atoms. The van der Waals surface area contributed by atoms with Gasteiger partial charge in [0.15, 0.2) is 0 Å². The van der Waals surface area contributed by atoms with Crippen molar-refractivity contribution in [1.82, 2.24) is 0 Å². The Balaban J connectivity index is 2.16. The van der Waals surface area contributed by atoms with Crippen LogP contribution >= 0.6 is 10.7 Å². The van der Waals surface area contributed by atoms with Gasteiger partial charge in [-0.2, -0.15) is 0 Å². The molecule has 0 aliphatic heterocycles. The van der Waals surface area contributed by atoms with Crippen LogP contribution in [0.15, 0.2) is 71.6 Å². The van der Waals surface area contributed by atoms with Gasteiger partial charge in [0.2, 0.25) is 0 Å². The maximum absolute atomic E-state index is 12.4. The van der Waals surface area contributed by atoms with E-state index in [1.807, 2.05) is 36.4 Å². The fraction of sp³-hybridized carbons (Fsp3) is 0.200. The number of rotatable bonds is 3. The molecule has 0 fully saturated rings. The molecule has 0 saturated heterocycles. The van der Waals surface area contributed by atoms with Crippen LogP contribution in [-0.2, 0) is 15.4 Å². The van der Waals surface area contributed by atoms with Gasteiger partial charge in [0, 0.05) is 11.1 Å². The molecular weight excluding hydrogens is 400 g/mol. The molecule has 0 aliphatic carbocycles. The van der Waals surface area contributed by atoms with E-state index in [-0.39, 0.29) is 5.41 Å². The van der Waals surface area contributed by atoms with Crippen LogP contribution in [-0.4, -0.2) is 11.3 Å². The number of benzene rings is 4. The van der Waals surface area contributed by atoms with Gasteiger partial charge >= 0.3 is 0 Å². The molecule has 0 N–H and O–H groups in total. The van der Waals surface area contributed by atoms with Crippen molar-refractivity contribution in [3.63, 3.8) is 0 Å². The van der Waals surface area contributed by atoms with E-state index >= 15 is 0 Å². The highest BCUT2D eigenvalue weighted by Gasteiger charge is 2.21. The number of hydrogen-bond donors (Lipinski definition) is 0. The molecule has 1 unspecified atom stereocenters. The lowest BCUT2D eigenvalue weighted by molar-refractivity contribution is 0.417. The van der Waals surface area contributed by atoms with Crippen LogP contribution in [0, 0.1) is 0 Å². The van der Waals surface area contributed by atoms with Crippen LogP contribution in [0.4, 0.5) is 0 Å². The van der Waals surface area contributed by atoms with Gasteiger partial charge in [-0.05, 0) is 55.3 Å². The average Bonchev–Trinajstić information content (AvgIpc) is 2.70. The first-order chi connectivity index (χ1) is 13.8. The summed E-state index contributed by atoms with van der Waals surface area (Å²) in [6.07, 6.45) is 0. The predicted molar refractivity (Wildman–Crippen MR) is 124 cm³/mol. The smallest absolute Gasteiger partial charge is 0.148 e. The molecule has 2 nitrogen and oxygen atoms in total. The predicted octanol–water partition coefficient (Wildman–Crippen LogP) is 7.23. The molecule has 0 spiro atoms. The Morgan fingerprint density at radius 2 is 1.52 bits per heavy atom. The molecule has 4 aromatic carbocycles. The number of halogens is 1. The lowest BCUT2D eigenvalue weighted by atomic mass is 9.84. The van der Waals surface area contributed by atoms with Gasteiger partial charge in [-0.25, -0.2) is 4.21 Å². The molecule has 0 aliphatic rings. The van der Waals surface area contributed by atoms with Crippen molar-refractivity contribution in [2.45, 2.75) is 31.1 Å². The van der Waals surface area contributed by atoms with Gasteiger partial charge in [-0.15, -0.1) is 0 Å². The normalized spacial score (nSPS) is 13.0. The van der Waals surface area contributed by atoms with Crippen molar-refractivity contribution in [1.29, 1.82) is 0 Å². The summed E-state index contributed by atoms with van der Waals surface area (Å²) in [7, 11) is 6.13. The summed E-state index contributed by atoms with van der Waals surface area (Å²) in [5, 5.41) is 4.24. The summed E-state index contributed by atoms with van der Waals surface area (Å²) in [5.74, 6) is 0.737. The largest absolute Gasteiger partial charge is 0.496 e. The van der Waals surface area contributed by atoms with E-state index < -0.39 is 10.0 Å². The van der Waals surface area contributed by atoms with Crippen molar-refractivity contribution < 1.29 is 8.95 Å². The zero-order valence-corrected chi connectivity index (χ0v) is 18.5. The molecule has 4 aromatic rings. The lowest BCUT2D eigenvalue weighted by Gasteiger charge is -2.21. The third-order valence-electron chi connectivity index (χ3n) is 5.38. The van der Waals surface area contributed by atoms with E-state index in [1.165, 1.54) is 5.56 Å². The van der Waals surface area contributed by atoms with Gasteiger partial charge in [0.05, 0.1) is 12.0 Å². The molecule has 0 bridgehead atoms. The maximum Gasteiger partial charge on any atom is 0.148 e. The van der Waals surface area contributed by atoms with Crippen molar-refractivity contribution in [2.75, 3.05) is 7.11 Å². The summed E-state index contributed by atoms with van der Waals surface area (Å²) in [5.41, 5.74) is 3.10. The fourth-order valence-corrected chi connectivity index (χ4v) is 4.78. The standard InChI is InChI=1S/C25H23ClO2S/c1-25(2,3)18-11-12-20-17(15-18)9-13-21(28-4)23(20)24-19-8-6-5-7-16(19)10-14-22(24)29(26)27/h5-15H,1-4H3. The van der Waals surface area contributed by atoms with Crippen LogP contribution in [0.25, 0.3) is 32.7 Å². The second-order valence-electron chi connectivity index (χ2n) is 8.21. The van der Waals surface area contributed by atoms with E-state index in [4.69, 9.17) is 15.4 Å². The quantitative estimate of drug-likeness (QED) is 0.325. The summed E-state index contributed by atoms with van der Waals surface area (Å²) in [4.78, 5) is 0.594. The number of fused-ring (bicyclic) bond motifs is 2. The highest BCUT2D eigenvalue weighted by molar-refractivity contribution is 8.08. The van der Waals surface area contributed by atoms with Crippen molar-refractivity contribution >= 4 is 42.2 Å². The average molecular weight is 423 g/mol. The second-order valence-corrected chi connectivity index (χ2v) is 9.94. The SMILES string of the molecule is COc1ccc2cc(C(C)(C)C)ccc2c1-c1c(S(=O)Cl)ccc2ccccc12. The van der Waals surface area contributed by atoms with E-state index in [2.05, 4.69) is 51.1 Å². The van der Waals surface area contributed by atoms with Gasteiger partial charge < -0.3 is 4.74 Å². The monoisotopic (exact) mass is 422 g/mol. The molecule has 0 radical (unpaired) electrons. The van der Waals surface area contributed by atoms with Crippen molar-refractivity contribution in [2.24, 2.45) is 0 Å². The van der Waals surface area contributed by atoms with Gasteiger partial charge in [-0.1, -0.05) is 75.4 Å². The molecule has 4 rings (SSSR count). The van der Waals surface area contributed by atoms with Crippen molar-refractivity contribution in [3.8, 4) is 16.9 Å². The first-order valence-electron chi connectivity index (χ1n) is 9.52. The summed E-state index contributed by atoms with van der Waals surface area (Å²) < 4.78 is 18.2. The topological polar surface area (TPSA) is 26.3 Å². The van der Waals surface area contributed by atoms with E-state index in [1.54, 1.807) is 7.11 Å². The summed E-state index contributed by atoms with van der Waals surface area (Å²) in [6.45, 7) is 6.62. The molecule has 4 heteroatoms. The summed E-state index contributed by atoms with van der Waals surface area (Å²) >= 11 is 0. The minimum atomic E-state index is -1.65. The third kappa shape index (κ3) is 3.54. The highest BCUT2D eigenvalue weighted by Crippen LogP contribution is 2.44. The highest BCUT2D eigenvalue weighted by atomic mass is 35.7. The van der Waals surface area contributed by atoms with Crippen LogP contribution in [0.1, 0.15) is 26.3 Å². The zero-order valence-electron chi connectivity index (χ0n) is 17.0. The van der Waals surface area contributed by atoms with E-state index in [9.17, 15) is 4.21 Å². The van der Waals surface area contributed by atoms with Gasteiger partial charge in [0.1, 0.15) is 15.8 Å². The van der Waals surface area contributed by atoms with Crippen LogP contribution < -0.4 is 4.74 Å². The third-order valence-corrected chi connectivity index (χ3v) is 6.57. The van der Waals surface area contributed by atoms with E-state index in [0.717, 1.165) is 38.4 Å². The number of methoxy groups -OCH3 is 1. The Bertz CT molecular complexity index is 1260. The number of hydrogen-bond acceptors (Lipinski definition) is 2. The molecule has 0 heterocycles. The molecule has 1 atom stereocenters. The molecule has 0 aromatic heterocycles. The first kappa shape index (κ1) is 19.9. The minimum Gasteiger partial charge on any atom is -0.496 e. The van der Waals surface area contributed by atoms with Crippen LogP contribution in [0.2, 0.25) is 0 Å². The number of ether oxygens (including phenoxy) is 1. The fourth-order valence-electron chi connectivity index (χ4n) is 3.85. The van der Waals surface area contributed by atoms with Crippen LogP contribution in [0.3, 0.4) is 0 Å². The molecule has 0 saturated carbocycles. The molecule has 148 valence electrons. The molecule has 0 amide bonds. The zero-order chi connectivity index (χ0) is 20.8. The molecular formula is C25H23ClO2S. The van der Waals surface area contributed by atoms with Crippen LogP contribution in [0.5, 0.6) is 5.75 Å². The Morgan fingerprint density at radius 1 is 0.828 bits per heavy atom.